The van der Waals surface area contributed by atoms with Gasteiger partial charge in [-0.2, -0.15) is 0 Å². The molecule has 0 spiro atoms. The van der Waals surface area contributed by atoms with Crippen molar-refractivity contribution in [3.8, 4) is 0 Å². The molecule has 6 heteroatoms. The molecule has 14 heavy (non-hydrogen) atoms. The highest BCUT2D eigenvalue weighted by Crippen LogP contribution is 2.41. The van der Waals surface area contributed by atoms with Crippen molar-refractivity contribution in [1.82, 2.24) is 9.55 Å². The Kier molecular flexibility index (Phi) is 3.24. The molecular weight excluding hydrogens is 203 g/mol. The summed E-state index contributed by atoms with van der Waals surface area (Å²) in [7, 11) is 0.325. The van der Waals surface area contributed by atoms with Crippen molar-refractivity contribution in [2.24, 2.45) is 7.05 Å². The zero-order valence-corrected chi connectivity index (χ0v) is 9.32. The molecule has 0 radical (unpaired) electrons. The fourth-order valence-electron chi connectivity index (χ4n) is 0.963. The molecule has 0 saturated heterocycles. The van der Waals surface area contributed by atoms with Crippen molar-refractivity contribution in [3.63, 3.8) is 0 Å². The monoisotopic (exact) mass is 216 g/mol. The summed E-state index contributed by atoms with van der Waals surface area (Å²) in [6, 6.07) is 0. The highest BCUT2D eigenvalue weighted by molar-refractivity contribution is 7.59. The van der Waals surface area contributed by atoms with Crippen molar-refractivity contribution in [2.45, 2.75) is 0 Å². The van der Waals surface area contributed by atoms with Crippen LogP contribution in [0, 0.1) is 0 Å². The number of rotatable bonds is 4. The molecule has 0 aliphatic rings. The second-order valence-electron chi connectivity index (χ2n) is 3.20. The molecule has 0 fully saturated rings. The molecule has 1 aromatic rings. The molecule has 1 unspecified atom stereocenters. The van der Waals surface area contributed by atoms with Gasteiger partial charge in [-0.3, -0.25) is 9.36 Å². The van der Waals surface area contributed by atoms with E-state index in [2.05, 4.69) is 4.98 Å². The maximum atomic E-state index is 11.5. The van der Waals surface area contributed by atoms with E-state index in [1.807, 2.05) is 0 Å². The van der Waals surface area contributed by atoms with Gasteiger partial charge in [-0.15, -0.1) is 0 Å². The third-order valence-electron chi connectivity index (χ3n) is 1.81. The molecule has 0 N–H and O–H groups in total. The quantitative estimate of drug-likeness (QED) is 0.559. The van der Waals surface area contributed by atoms with Gasteiger partial charge in [-0.1, -0.05) is 0 Å². The standard InChI is InChI=1S/C8H13N2O3P/c1-10-4-7(9-6-10)8(11)5-14(3,12)13-2/h4,6H,5H2,1-3H3. The Bertz CT molecular complexity index is 386. The van der Waals surface area contributed by atoms with Gasteiger partial charge in [-0.05, 0) is 0 Å². The summed E-state index contributed by atoms with van der Waals surface area (Å²) in [6.07, 6.45) is 3.03. The number of aromatic nitrogens is 2. The van der Waals surface area contributed by atoms with E-state index in [1.165, 1.54) is 20.1 Å². The summed E-state index contributed by atoms with van der Waals surface area (Å²) >= 11 is 0. The van der Waals surface area contributed by atoms with E-state index in [9.17, 15) is 9.36 Å². The van der Waals surface area contributed by atoms with E-state index in [4.69, 9.17) is 4.52 Å². The van der Waals surface area contributed by atoms with Crippen LogP contribution >= 0.6 is 7.37 Å². The normalized spacial score (nSPS) is 15.1. The summed E-state index contributed by atoms with van der Waals surface area (Å²) in [5.74, 6) is -0.252. The van der Waals surface area contributed by atoms with Crippen molar-refractivity contribution in [3.05, 3.63) is 18.2 Å². The van der Waals surface area contributed by atoms with Crippen LogP contribution in [-0.2, 0) is 16.1 Å². The van der Waals surface area contributed by atoms with Gasteiger partial charge in [0, 0.05) is 27.0 Å². The largest absolute Gasteiger partial charge is 0.340 e. The molecule has 0 aliphatic heterocycles. The van der Waals surface area contributed by atoms with Crippen molar-refractivity contribution in [1.29, 1.82) is 0 Å². The molecule has 1 atom stereocenters. The number of carbonyl (C=O) groups is 1. The molecule has 78 valence electrons. The number of aryl methyl sites for hydroxylation is 1. The average molecular weight is 216 g/mol. The molecule has 0 saturated carbocycles. The smallest absolute Gasteiger partial charge is 0.207 e. The Morgan fingerprint density at radius 1 is 1.71 bits per heavy atom. The Morgan fingerprint density at radius 3 is 2.79 bits per heavy atom. The summed E-state index contributed by atoms with van der Waals surface area (Å²) in [5, 5.41) is 0. The maximum absolute atomic E-state index is 11.5. The fourth-order valence-corrected chi connectivity index (χ4v) is 1.78. The lowest BCUT2D eigenvalue weighted by Crippen LogP contribution is -2.07. The molecule has 0 amide bonds. The van der Waals surface area contributed by atoms with Gasteiger partial charge >= 0.3 is 0 Å². The van der Waals surface area contributed by atoms with E-state index in [-0.39, 0.29) is 11.9 Å². The Balaban J connectivity index is 2.73. The average Bonchev–Trinajstić information content (AvgIpc) is 2.51. The number of ketones is 1. The minimum absolute atomic E-state index is 0.0967. The van der Waals surface area contributed by atoms with Crippen LogP contribution in [0.15, 0.2) is 12.5 Å². The maximum Gasteiger partial charge on any atom is 0.207 e. The first kappa shape index (κ1) is 11.1. The summed E-state index contributed by atoms with van der Waals surface area (Å²) < 4.78 is 17.9. The van der Waals surface area contributed by atoms with Crippen LogP contribution in [0.4, 0.5) is 0 Å². The number of hydrogen-bond acceptors (Lipinski definition) is 4. The lowest BCUT2D eigenvalue weighted by molar-refractivity contribution is 0.101. The highest BCUT2D eigenvalue weighted by atomic mass is 31.2. The Hall–Kier alpha value is -0.930. The van der Waals surface area contributed by atoms with Gasteiger partial charge in [-0.25, -0.2) is 4.98 Å². The molecule has 1 heterocycles. The lowest BCUT2D eigenvalue weighted by Gasteiger charge is -2.07. The summed E-state index contributed by atoms with van der Waals surface area (Å²) in [4.78, 5) is 15.4. The number of nitrogens with zero attached hydrogens (tertiary/aromatic N) is 2. The number of hydrogen-bond donors (Lipinski definition) is 0. The third kappa shape index (κ3) is 2.79. The van der Waals surface area contributed by atoms with Crippen molar-refractivity contribution in [2.75, 3.05) is 19.9 Å². The number of carbonyl (C=O) groups excluding carboxylic acids is 1. The first-order chi connectivity index (χ1) is 6.44. The van der Waals surface area contributed by atoms with Crippen LogP contribution in [0.25, 0.3) is 0 Å². The van der Waals surface area contributed by atoms with Gasteiger partial charge in [0.25, 0.3) is 0 Å². The molecule has 0 bridgehead atoms. The second-order valence-corrected chi connectivity index (χ2v) is 5.91. The minimum atomic E-state index is -2.78. The molecule has 1 aromatic heterocycles. The van der Waals surface area contributed by atoms with E-state index < -0.39 is 7.37 Å². The van der Waals surface area contributed by atoms with E-state index in [1.54, 1.807) is 17.8 Å². The minimum Gasteiger partial charge on any atom is -0.340 e. The first-order valence-corrected chi connectivity index (χ1v) is 6.34. The van der Waals surface area contributed by atoms with Gasteiger partial charge in [0.15, 0.2) is 5.78 Å². The van der Waals surface area contributed by atoms with E-state index in [0.717, 1.165) is 0 Å². The van der Waals surface area contributed by atoms with Gasteiger partial charge in [0.05, 0.1) is 12.5 Å². The number of Topliss-reactive ketones (excluding diaryl/α,β-unsaturated/α-hetero) is 1. The summed E-state index contributed by atoms with van der Waals surface area (Å²) in [5.41, 5.74) is 0.326. The predicted octanol–water partition coefficient (Wildman–Crippen LogP) is 1.16. The third-order valence-corrected chi connectivity index (χ3v) is 3.44. The predicted molar refractivity (Wildman–Crippen MR) is 52.9 cm³/mol. The summed E-state index contributed by atoms with van der Waals surface area (Å²) in [6.45, 7) is 1.44. The van der Waals surface area contributed by atoms with Crippen LogP contribution < -0.4 is 0 Å². The zero-order valence-electron chi connectivity index (χ0n) is 8.43. The first-order valence-electron chi connectivity index (χ1n) is 4.08. The van der Waals surface area contributed by atoms with Gasteiger partial charge in [0.2, 0.25) is 7.37 Å². The Morgan fingerprint density at radius 2 is 2.36 bits per heavy atom. The lowest BCUT2D eigenvalue weighted by atomic mass is 10.3. The van der Waals surface area contributed by atoms with E-state index >= 15 is 0 Å². The fraction of sp³-hybridized carbons (Fsp3) is 0.500. The zero-order chi connectivity index (χ0) is 10.8. The van der Waals surface area contributed by atoms with Crippen molar-refractivity contribution >= 4 is 13.2 Å². The van der Waals surface area contributed by atoms with Crippen LogP contribution in [0.3, 0.4) is 0 Å². The van der Waals surface area contributed by atoms with Gasteiger partial charge < -0.3 is 9.09 Å². The topological polar surface area (TPSA) is 61.2 Å². The molecule has 0 aliphatic carbocycles. The molecule has 5 nitrogen and oxygen atoms in total. The van der Waals surface area contributed by atoms with Crippen LogP contribution in [0.5, 0.6) is 0 Å². The van der Waals surface area contributed by atoms with Crippen LogP contribution in [0.2, 0.25) is 0 Å². The van der Waals surface area contributed by atoms with E-state index in [0.29, 0.717) is 5.69 Å². The van der Waals surface area contributed by atoms with Crippen LogP contribution in [-0.4, -0.2) is 35.3 Å². The Labute approximate surface area is 82.5 Å². The number of imidazole rings is 1. The molecule has 1 rings (SSSR count). The highest BCUT2D eigenvalue weighted by Gasteiger charge is 2.21. The second kappa shape index (κ2) is 4.07. The van der Waals surface area contributed by atoms with Crippen molar-refractivity contribution < 1.29 is 13.9 Å². The van der Waals surface area contributed by atoms with Gasteiger partial charge in [0.1, 0.15) is 5.69 Å². The molecule has 0 aromatic carbocycles. The molecular formula is C8H13N2O3P. The SMILES string of the molecule is COP(C)(=O)CC(=O)c1cn(C)cn1. The van der Waals surface area contributed by atoms with Crippen LogP contribution in [0.1, 0.15) is 10.5 Å².